The lowest BCUT2D eigenvalue weighted by Crippen LogP contribution is -2.19. The molecule has 0 aliphatic rings. The zero-order valence-corrected chi connectivity index (χ0v) is 12.6. The van der Waals surface area contributed by atoms with Crippen molar-refractivity contribution in [2.75, 3.05) is 12.3 Å². The van der Waals surface area contributed by atoms with Gasteiger partial charge in [0.05, 0.1) is 12.3 Å². The largest absolute Gasteiger partial charge is 0.494 e. The molecule has 2 aromatic rings. The Balaban J connectivity index is 1.87. The summed E-state index contributed by atoms with van der Waals surface area (Å²) in [7, 11) is 0. The van der Waals surface area contributed by atoms with Gasteiger partial charge in [-0.1, -0.05) is 32.0 Å². The molecule has 0 radical (unpaired) electrons. The average molecular weight is 289 g/mol. The molecule has 0 saturated carbocycles. The fourth-order valence-electron chi connectivity index (χ4n) is 2.20. The van der Waals surface area contributed by atoms with Gasteiger partial charge in [-0.3, -0.25) is 14.6 Å². The van der Waals surface area contributed by atoms with Crippen LogP contribution in [0.15, 0.2) is 35.1 Å². The molecule has 0 aliphatic carbocycles. The molecule has 0 fully saturated rings. The van der Waals surface area contributed by atoms with Crippen LogP contribution in [-0.2, 0) is 13.0 Å². The first-order chi connectivity index (χ1) is 10.1. The van der Waals surface area contributed by atoms with Crippen LogP contribution in [0, 0.1) is 5.92 Å². The molecule has 1 heterocycles. The highest BCUT2D eigenvalue weighted by molar-refractivity contribution is 5.40. The zero-order chi connectivity index (χ0) is 15.2. The van der Waals surface area contributed by atoms with E-state index >= 15 is 0 Å². The minimum atomic E-state index is -0.134. The Morgan fingerprint density at radius 2 is 2.00 bits per heavy atom. The van der Waals surface area contributed by atoms with Crippen LogP contribution in [0.4, 0.5) is 5.69 Å². The van der Waals surface area contributed by atoms with E-state index in [2.05, 4.69) is 18.9 Å². The SMILES string of the molecule is CC(C)Cc1[nH]n(CCCOc2ccccc2)c(=O)c1N. The van der Waals surface area contributed by atoms with Gasteiger partial charge in [0, 0.05) is 13.0 Å². The maximum atomic E-state index is 12.0. The van der Waals surface area contributed by atoms with Crippen LogP contribution in [0.1, 0.15) is 26.0 Å². The van der Waals surface area contributed by atoms with Crippen LogP contribution in [-0.4, -0.2) is 16.4 Å². The second kappa shape index (κ2) is 7.02. The summed E-state index contributed by atoms with van der Waals surface area (Å²) < 4.78 is 7.18. The van der Waals surface area contributed by atoms with E-state index in [1.807, 2.05) is 30.3 Å². The van der Waals surface area contributed by atoms with Crippen molar-refractivity contribution in [2.24, 2.45) is 5.92 Å². The Morgan fingerprint density at radius 3 is 2.67 bits per heavy atom. The molecule has 1 aromatic carbocycles. The lowest BCUT2D eigenvalue weighted by atomic mass is 10.1. The molecule has 3 N–H and O–H groups in total. The summed E-state index contributed by atoms with van der Waals surface area (Å²) in [6, 6.07) is 9.65. The summed E-state index contributed by atoms with van der Waals surface area (Å²) in [5, 5.41) is 3.10. The number of nitrogens with zero attached hydrogens (tertiary/aromatic N) is 1. The molecule has 0 bridgehead atoms. The number of para-hydroxylation sites is 1. The number of nitrogens with two attached hydrogens (primary N) is 1. The van der Waals surface area contributed by atoms with Crippen molar-refractivity contribution in [1.82, 2.24) is 9.78 Å². The fraction of sp³-hybridized carbons (Fsp3) is 0.438. The number of hydrogen-bond acceptors (Lipinski definition) is 3. The lowest BCUT2D eigenvalue weighted by molar-refractivity contribution is 0.297. The van der Waals surface area contributed by atoms with E-state index < -0.39 is 0 Å². The van der Waals surface area contributed by atoms with E-state index in [4.69, 9.17) is 10.5 Å². The van der Waals surface area contributed by atoms with E-state index in [1.165, 1.54) is 0 Å². The Kier molecular flexibility index (Phi) is 5.09. The summed E-state index contributed by atoms with van der Waals surface area (Å²) in [6.07, 6.45) is 1.53. The van der Waals surface area contributed by atoms with Crippen molar-refractivity contribution in [3.63, 3.8) is 0 Å². The number of anilines is 1. The Bertz CT molecular complexity index is 614. The molecule has 21 heavy (non-hydrogen) atoms. The zero-order valence-electron chi connectivity index (χ0n) is 12.6. The second-order valence-corrected chi connectivity index (χ2v) is 5.57. The topological polar surface area (TPSA) is 73.0 Å². The summed E-state index contributed by atoms with van der Waals surface area (Å²) in [6.45, 7) is 5.34. The predicted molar refractivity (Wildman–Crippen MR) is 84.6 cm³/mol. The predicted octanol–water partition coefficient (Wildman–Crippen LogP) is 2.43. The normalized spacial score (nSPS) is 11.0. The van der Waals surface area contributed by atoms with Gasteiger partial charge in [0.25, 0.3) is 5.56 Å². The third-order valence-corrected chi connectivity index (χ3v) is 3.22. The fourth-order valence-corrected chi connectivity index (χ4v) is 2.20. The minimum absolute atomic E-state index is 0.134. The van der Waals surface area contributed by atoms with Crippen molar-refractivity contribution >= 4 is 5.69 Å². The van der Waals surface area contributed by atoms with Gasteiger partial charge in [0.2, 0.25) is 0 Å². The smallest absolute Gasteiger partial charge is 0.289 e. The van der Waals surface area contributed by atoms with Crippen LogP contribution < -0.4 is 16.0 Å². The van der Waals surface area contributed by atoms with Gasteiger partial charge in [0.15, 0.2) is 0 Å². The number of benzene rings is 1. The number of ether oxygens (including phenoxy) is 1. The van der Waals surface area contributed by atoms with E-state index in [0.717, 1.165) is 24.3 Å². The van der Waals surface area contributed by atoms with E-state index in [0.29, 0.717) is 24.8 Å². The maximum Gasteiger partial charge on any atom is 0.289 e. The minimum Gasteiger partial charge on any atom is -0.494 e. The van der Waals surface area contributed by atoms with Crippen molar-refractivity contribution in [3.8, 4) is 5.75 Å². The summed E-state index contributed by atoms with van der Waals surface area (Å²) >= 11 is 0. The Hall–Kier alpha value is -2.17. The van der Waals surface area contributed by atoms with Crippen molar-refractivity contribution in [2.45, 2.75) is 33.2 Å². The van der Waals surface area contributed by atoms with E-state index in [-0.39, 0.29) is 5.56 Å². The first kappa shape index (κ1) is 15.2. The highest BCUT2D eigenvalue weighted by Gasteiger charge is 2.11. The molecule has 0 spiro atoms. The van der Waals surface area contributed by atoms with Gasteiger partial charge in [-0.05, 0) is 24.5 Å². The first-order valence-electron chi connectivity index (χ1n) is 7.33. The summed E-state index contributed by atoms with van der Waals surface area (Å²) in [5.41, 5.74) is 6.89. The average Bonchev–Trinajstić information content (AvgIpc) is 2.72. The maximum absolute atomic E-state index is 12.0. The van der Waals surface area contributed by atoms with Crippen molar-refractivity contribution in [3.05, 3.63) is 46.4 Å². The van der Waals surface area contributed by atoms with Crippen LogP contribution in [0.5, 0.6) is 5.75 Å². The molecule has 0 atom stereocenters. The number of nitrogen functional groups attached to an aromatic ring is 1. The number of aromatic nitrogens is 2. The molecule has 0 aliphatic heterocycles. The van der Waals surface area contributed by atoms with E-state index in [9.17, 15) is 4.79 Å². The molecule has 0 amide bonds. The molecule has 0 unspecified atom stereocenters. The monoisotopic (exact) mass is 289 g/mol. The molecule has 5 nitrogen and oxygen atoms in total. The van der Waals surface area contributed by atoms with Gasteiger partial charge in [0.1, 0.15) is 11.4 Å². The molecule has 2 rings (SSSR count). The van der Waals surface area contributed by atoms with Crippen LogP contribution in [0.3, 0.4) is 0 Å². The number of nitrogens with one attached hydrogen (secondary N) is 1. The molecular formula is C16H23N3O2. The van der Waals surface area contributed by atoms with Gasteiger partial charge in [-0.25, -0.2) is 0 Å². The number of hydrogen-bond donors (Lipinski definition) is 2. The third kappa shape index (κ3) is 4.15. The first-order valence-corrected chi connectivity index (χ1v) is 7.33. The molecule has 0 saturated heterocycles. The lowest BCUT2D eigenvalue weighted by Gasteiger charge is -2.06. The quantitative estimate of drug-likeness (QED) is 0.769. The van der Waals surface area contributed by atoms with Crippen LogP contribution in [0.2, 0.25) is 0 Å². The number of rotatable bonds is 7. The van der Waals surface area contributed by atoms with Gasteiger partial charge < -0.3 is 10.5 Å². The summed E-state index contributed by atoms with van der Waals surface area (Å²) in [5.74, 6) is 1.30. The highest BCUT2D eigenvalue weighted by Crippen LogP contribution is 2.11. The standard InChI is InChI=1S/C16H23N3O2/c1-12(2)11-14-15(17)16(20)19(18-14)9-6-10-21-13-7-4-3-5-8-13/h3-5,7-8,12,18H,6,9-11,17H2,1-2H3. The van der Waals surface area contributed by atoms with Gasteiger partial charge in [-0.15, -0.1) is 0 Å². The van der Waals surface area contributed by atoms with Gasteiger partial charge >= 0.3 is 0 Å². The number of aromatic amines is 1. The van der Waals surface area contributed by atoms with Crippen molar-refractivity contribution in [1.29, 1.82) is 0 Å². The number of aryl methyl sites for hydroxylation is 1. The van der Waals surface area contributed by atoms with Crippen LogP contribution >= 0.6 is 0 Å². The Labute approximate surface area is 124 Å². The van der Waals surface area contributed by atoms with Crippen molar-refractivity contribution < 1.29 is 4.74 Å². The molecule has 114 valence electrons. The van der Waals surface area contributed by atoms with Crippen LogP contribution in [0.25, 0.3) is 0 Å². The van der Waals surface area contributed by atoms with Gasteiger partial charge in [-0.2, -0.15) is 0 Å². The third-order valence-electron chi connectivity index (χ3n) is 3.22. The summed E-state index contributed by atoms with van der Waals surface area (Å²) in [4.78, 5) is 12.0. The highest BCUT2D eigenvalue weighted by atomic mass is 16.5. The van der Waals surface area contributed by atoms with E-state index in [1.54, 1.807) is 4.68 Å². The second-order valence-electron chi connectivity index (χ2n) is 5.57. The molecule has 1 aromatic heterocycles. The Morgan fingerprint density at radius 1 is 1.29 bits per heavy atom. The number of H-pyrrole nitrogens is 1. The molecular weight excluding hydrogens is 266 g/mol. The molecule has 5 heteroatoms.